The number of para-hydroxylation sites is 3. The van der Waals surface area contributed by atoms with Gasteiger partial charge >= 0.3 is 0 Å². The molecule has 3 nitrogen and oxygen atoms in total. The molecule has 0 unspecified atom stereocenters. The van der Waals surface area contributed by atoms with Crippen molar-refractivity contribution in [3.05, 3.63) is 114 Å². The highest BCUT2D eigenvalue weighted by Gasteiger charge is 2.35. The van der Waals surface area contributed by atoms with E-state index >= 15 is 0 Å². The van der Waals surface area contributed by atoms with Crippen molar-refractivity contribution in [2.75, 3.05) is 0 Å². The minimum absolute atomic E-state index is 0.0319. The summed E-state index contributed by atoms with van der Waals surface area (Å²) in [7, 11) is 0. The van der Waals surface area contributed by atoms with Crippen LogP contribution < -0.4 is 0 Å². The van der Waals surface area contributed by atoms with Crippen molar-refractivity contribution in [1.29, 1.82) is 0 Å². The van der Waals surface area contributed by atoms with Gasteiger partial charge in [0.25, 0.3) is 0 Å². The van der Waals surface area contributed by atoms with Gasteiger partial charge in [0.2, 0.25) is 0 Å². The lowest BCUT2D eigenvalue weighted by molar-refractivity contribution is 0.660. The maximum absolute atomic E-state index is 5.13. The largest absolute Gasteiger partial charge is 0.291 e. The fourth-order valence-corrected chi connectivity index (χ4v) is 6.88. The van der Waals surface area contributed by atoms with Gasteiger partial charge in [-0.25, -0.2) is 9.97 Å². The zero-order chi connectivity index (χ0) is 25.2. The first-order chi connectivity index (χ1) is 18.6. The lowest BCUT2D eigenvalue weighted by atomic mass is 9.81. The number of rotatable bonds is 1. The number of benzene rings is 5. The summed E-state index contributed by atoms with van der Waals surface area (Å²) < 4.78 is 2.31. The third kappa shape index (κ3) is 2.39. The van der Waals surface area contributed by atoms with E-state index in [1.807, 2.05) is 18.2 Å². The highest BCUT2D eigenvalue weighted by Crippen LogP contribution is 2.50. The molecule has 0 radical (unpaired) electrons. The first-order valence-electron chi connectivity index (χ1n) is 13.2. The van der Waals surface area contributed by atoms with E-state index < -0.39 is 0 Å². The summed E-state index contributed by atoms with van der Waals surface area (Å²) >= 11 is 0. The van der Waals surface area contributed by atoms with Gasteiger partial charge in [0, 0.05) is 21.6 Å². The standard InChI is InChI=1S/C35H23N3/c1-35(2)27-11-5-3-9-22(27)23-16-15-20(19-28(23)35)21-17-25-24-10-4-8-14-31(24)38-33(25)26(18-21)32-34(38)37-30-13-7-6-12-29(30)36-32/h3-19H,1-2H3. The Morgan fingerprint density at radius 2 is 1.29 bits per heavy atom. The summed E-state index contributed by atoms with van der Waals surface area (Å²) in [5, 5.41) is 3.66. The molecule has 5 aromatic carbocycles. The first-order valence-corrected chi connectivity index (χ1v) is 13.2. The average Bonchev–Trinajstić information content (AvgIpc) is 3.54. The topological polar surface area (TPSA) is 30.2 Å². The van der Waals surface area contributed by atoms with E-state index in [0.717, 1.165) is 27.6 Å². The molecule has 0 bridgehead atoms. The number of hydrogen-bond acceptors (Lipinski definition) is 2. The summed E-state index contributed by atoms with van der Waals surface area (Å²) in [6.45, 7) is 4.68. The van der Waals surface area contributed by atoms with Crippen molar-refractivity contribution in [3.63, 3.8) is 0 Å². The van der Waals surface area contributed by atoms with Crippen molar-refractivity contribution in [2.24, 2.45) is 0 Å². The van der Waals surface area contributed by atoms with Gasteiger partial charge in [0.05, 0.1) is 22.1 Å². The fourth-order valence-electron chi connectivity index (χ4n) is 6.88. The van der Waals surface area contributed by atoms with Crippen LogP contribution in [0, 0.1) is 0 Å². The second-order valence-corrected chi connectivity index (χ2v) is 11.1. The van der Waals surface area contributed by atoms with Crippen LogP contribution in [0.25, 0.3) is 71.6 Å². The maximum atomic E-state index is 5.13. The molecule has 0 amide bonds. The molecular weight excluding hydrogens is 462 g/mol. The first kappa shape index (κ1) is 20.3. The normalized spacial score (nSPS) is 14.3. The Labute approximate surface area is 219 Å². The molecular formula is C35H23N3. The molecule has 0 fully saturated rings. The zero-order valence-electron chi connectivity index (χ0n) is 21.2. The maximum Gasteiger partial charge on any atom is 0.165 e. The third-order valence-corrected chi connectivity index (χ3v) is 8.70. The predicted molar refractivity (Wildman–Crippen MR) is 157 cm³/mol. The van der Waals surface area contributed by atoms with Crippen LogP contribution in [0.2, 0.25) is 0 Å². The van der Waals surface area contributed by atoms with Crippen LogP contribution in [0.1, 0.15) is 25.0 Å². The van der Waals surface area contributed by atoms with Crippen LogP contribution in [-0.2, 0) is 5.41 Å². The predicted octanol–water partition coefficient (Wildman–Crippen LogP) is 8.75. The number of nitrogens with zero attached hydrogens (tertiary/aromatic N) is 3. The quantitative estimate of drug-likeness (QED) is 0.233. The molecule has 38 heavy (non-hydrogen) atoms. The summed E-state index contributed by atoms with van der Waals surface area (Å²) in [5.74, 6) is 0. The van der Waals surface area contributed by atoms with Gasteiger partial charge in [-0.15, -0.1) is 0 Å². The van der Waals surface area contributed by atoms with Gasteiger partial charge < -0.3 is 0 Å². The second-order valence-electron chi connectivity index (χ2n) is 11.1. The van der Waals surface area contributed by atoms with Crippen molar-refractivity contribution < 1.29 is 0 Å². The van der Waals surface area contributed by atoms with E-state index in [1.54, 1.807) is 0 Å². The zero-order valence-corrected chi connectivity index (χ0v) is 21.2. The molecule has 0 spiro atoms. The minimum Gasteiger partial charge on any atom is -0.291 e. The average molecular weight is 486 g/mol. The Balaban J connectivity index is 1.39. The molecule has 0 N–H and O–H groups in total. The lowest BCUT2D eigenvalue weighted by Gasteiger charge is -2.22. The van der Waals surface area contributed by atoms with E-state index in [0.29, 0.717) is 0 Å². The summed E-state index contributed by atoms with van der Waals surface area (Å²) in [5.41, 5.74) is 14.0. The van der Waals surface area contributed by atoms with E-state index in [1.165, 1.54) is 55.2 Å². The Hall–Kier alpha value is -4.76. The van der Waals surface area contributed by atoms with Gasteiger partial charge in [-0.2, -0.15) is 0 Å². The SMILES string of the molecule is CC1(C)c2ccccc2-c2ccc(-c3cc4c5ccccc5n5c6nc7ccccc7nc6c(c3)c45)cc21. The molecule has 8 aromatic rings. The van der Waals surface area contributed by atoms with Gasteiger partial charge in [0.1, 0.15) is 5.52 Å². The molecule has 3 heteroatoms. The molecule has 1 aliphatic rings. The van der Waals surface area contributed by atoms with Crippen LogP contribution in [0.15, 0.2) is 103 Å². The molecule has 1 aliphatic carbocycles. The van der Waals surface area contributed by atoms with Gasteiger partial charge in [0.15, 0.2) is 5.65 Å². The number of hydrogen-bond donors (Lipinski definition) is 0. The van der Waals surface area contributed by atoms with Crippen molar-refractivity contribution in [2.45, 2.75) is 19.3 Å². The van der Waals surface area contributed by atoms with E-state index in [9.17, 15) is 0 Å². The molecule has 178 valence electrons. The Morgan fingerprint density at radius 1 is 0.579 bits per heavy atom. The summed E-state index contributed by atoms with van der Waals surface area (Å²) in [4.78, 5) is 10.2. The minimum atomic E-state index is -0.0319. The molecule has 3 heterocycles. The molecule has 9 rings (SSSR count). The van der Waals surface area contributed by atoms with E-state index in [-0.39, 0.29) is 5.41 Å². The van der Waals surface area contributed by atoms with Gasteiger partial charge in [-0.3, -0.25) is 4.40 Å². The highest BCUT2D eigenvalue weighted by molar-refractivity contribution is 6.23. The second kappa shape index (κ2) is 6.76. The van der Waals surface area contributed by atoms with Crippen molar-refractivity contribution >= 4 is 49.4 Å². The molecule has 0 saturated heterocycles. The van der Waals surface area contributed by atoms with Crippen LogP contribution in [-0.4, -0.2) is 14.4 Å². The van der Waals surface area contributed by atoms with Gasteiger partial charge in [-0.1, -0.05) is 80.6 Å². The van der Waals surface area contributed by atoms with Gasteiger partial charge in [-0.05, 0) is 69.8 Å². The molecule has 0 saturated carbocycles. The molecule has 0 atom stereocenters. The van der Waals surface area contributed by atoms with Crippen LogP contribution in [0.5, 0.6) is 0 Å². The lowest BCUT2D eigenvalue weighted by Crippen LogP contribution is -2.14. The van der Waals surface area contributed by atoms with Crippen LogP contribution in [0.3, 0.4) is 0 Å². The van der Waals surface area contributed by atoms with Crippen molar-refractivity contribution in [3.8, 4) is 22.3 Å². The van der Waals surface area contributed by atoms with E-state index in [2.05, 4.69) is 103 Å². The Bertz CT molecular complexity index is 2270. The smallest absolute Gasteiger partial charge is 0.165 e. The summed E-state index contributed by atoms with van der Waals surface area (Å²) in [6, 6.07) is 37.3. The highest BCUT2D eigenvalue weighted by atomic mass is 15.0. The molecule has 3 aromatic heterocycles. The third-order valence-electron chi connectivity index (χ3n) is 8.70. The monoisotopic (exact) mass is 485 g/mol. The van der Waals surface area contributed by atoms with E-state index in [4.69, 9.17) is 9.97 Å². The number of aromatic nitrogens is 3. The van der Waals surface area contributed by atoms with Crippen molar-refractivity contribution in [1.82, 2.24) is 14.4 Å². The Morgan fingerprint density at radius 3 is 2.18 bits per heavy atom. The fraction of sp³-hybridized carbons (Fsp3) is 0.0857. The number of fused-ring (bicyclic) bond motifs is 10. The Kier molecular flexibility index (Phi) is 3.61. The van der Waals surface area contributed by atoms with Crippen LogP contribution in [0.4, 0.5) is 0 Å². The summed E-state index contributed by atoms with van der Waals surface area (Å²) in [6.07, 6.45) is 0. The van der Waals surface area contributed by atoms with Crippen LogP contribution >= 0.6 is 0 Å². The molecule has 0 aliphatic heterocycles.